The fraction of sp³-hybridized carbons (Fsp3) is 0.125. The van der Waals surface area contributed by atoms with Crippen molar-refractivity contribution in [3.8, 4) is 11.5 Å². The summed E-state index contributed by atoms with van der Waals surface area (Å²) >= 11 is 0. The molecule has 0 aliphatic rings. The number of carbonyl (C=O) groups excluding carboxylic acids is 1. The molecule has 0 atom stereocenters. The van der Waals surface area contributed by atoms with Crippen molar-refractivity contribution in [3.63, 3.8) is 0 Å². The molecule has 1 N–H and O–H groups in total. The zero-order valence-electron chi connectivity index (χ0n) is 19.3. The largest absolute Gasteiger partial charge is 0.403 e. The van der Waals surface area contributed by atoms with E-state index in [0.717, 1.165) is 6.26 Å². The quantitative estimate of drug-likeness (QED) is 0.367. The molecule has 4 aromatic rings. The number of nitrogens with one attached hydrogen (secondary N) is 1. The summed E-state index contributed by atoms with van der Waals surface area (Å²) in [5, 5.41) is 10.0. The number of rotatable bonds is 8. The van der Waals surface area contributed by atoms with E-state index in [1.54, 1.807) is 49.4 Å². The molecule has 186 valence electrons. The van der Waals surface area contributed by atoms with E-state index >= 15 is 0 Å². The van der Waals surface area contributed by atoms with E-state index in [4.69, 9.17) is 4.42 Å². The average molecular weight is 527 g/mol. The predicted octanol–water partition coefficient (Wildman–Crippen LogP) is 3.61. The monoisotopic (exact) mass is 526 g/mol. The Labute approximate surface area is 208 Å². The summed E-state index contributed by atoms with van der Waals surface area (Å²) in [5.41, 5.74) is 0.904. The van der Waals surface area contributed by atoms with Crippen LogP contribution in [0.15, 0.2) is 93.1 Å². The number of para-hydroxylation sites is 1. The molecule has 36 heavy (non-hydrogen) atoms. The second kappa shape index (κ2) is 9.91. The lowest BCUT2D eigenvalue weighted by atomic mass is 10.2. The van der Waals surface area contributed by atoms with Crippen LogP contribution in [0.2, 0.25) is 0 Å². The van der Waals surface area contributed by atoms with Gasteiger partial charge in [0.25, 0.3) is 21.8 Å². The first-order valence-corrected chi connectivity index (χ1v) is 14.1. The lowest BCUT2D eigenvalue weighted by Gasteiger charge is -2.22. The standard InChI is InChI=1S/C24H22N4O6S2/c1-3-28(18-9-5-4-6-10-18)36(32,33)19-15-13-17(14-16-19)22(29)25-24-27-26-23(34-24)20-11-7-8-12-21(20)35(2,30)31/h4-16H,3H2,1-2H3,(H,25,27,29). The summed E-state index contributed by atoms with van der Waals surface area (Å²) in [4.78, 5) is 12.7. The minimum atomic E-state index is -3.84. The fourth-order valence-corrected chi connectivity index (χ4v) is 5.86. The number of benzene rings is 3. The van der Waals surface area contributed by atoms with E-state index < -0.39 is 25.8 Å². The molecule has 1 amide bonds. The van der Waals surface area contributed by atoms with Gasteiger partial charge in [0.1, 0.15) is 0 Å². The molecule has 0 radical (unpaired) electrons. The molecule has 0 saturated heterocycles. The van der Waals surface area contributed by atoms with E-state index in [9.17, 15) is 21.6 Å². The first-order chi connectivity index (χ1) is 17.1. The summed E-state index contributed by atoms with van der Waals surface area (Å²) in [6.45, 7) is 1.97. The van der Waals surface area contributed by atoms with Crippen molar-refractivity contribution in [2.75, 3.05) is 22.4 Å². The maximum atomic E-state index is 13.1. The van der Waals surface area contributed by atoms with Crippen molar-refractivity contribution >= 4 is 37.5 Å². The molecular weight excluding hydrogens is 504 g/mol. The SMILES string of the molecule is CCN(c1ccccc1)S(=O)(=O)c1ccc(C(=O)Nc2nnc(-c3ccccc3S(C)(=O)=O)o2)cc1. The lowest BCUT2D eigenvalue weighted by molar-refractivity contribution is 0.102. The minimum absolute atomic E-state index is 0.0138. The Bertz CT molecular complexity index is 1600. The van der Waals surface area contributed by atoms with E-state index in [1.165, 1.54) is 40.7 Å². The number of aromatic nitrogens is 2. The highest BCUT2D eigenvalue weighted by atomic mass is 32.2. The molecule has 4 rings (SSSR count). The zero-order valence-corrected chi connectivity index (χ0v) is 21.0. The van der Waals surface area contributed by atoms with Crippen LogP contribution >= 0.6 is 0 Å². The molecular formula is C24H22N4O6S2. The minimum Gasteiger partial charge on any atom is -0.403 e. The highest BCUT2D eigenvalue weighted by Crippen LogP contribution is 2.27. The van der Waals surface area contributed by atoms with Gasteiger partial charge in [-0.2, -0.15) is 0 Å². The van der Waals surface area contributed by atoms with Gasteiger partial charge in [-0.25, -0.2) is 16.8 Å². The molecule has 0 bridgehead atoms. The number of sulfonamides is 1. The molecule has 0 aliphatic heterocycles. The van der Waals surface area contributed by atoms with Crippen LogP contribution in [0.1, 0.15) is 17.3 Å². The highest BCUT2D eigenvalue weighted by Gasteiger charge is 2.24. The van der Waals surface area contributed by atoms with Gasteiger partial charge in [-0.15, -0.1) is 5.10 Å². The van der Waals surface area contributed by atoms with Gasteiger partial charge in [-0.1, -0.05) is 35.4 Å². The average Bonchev–Trinajstić information content (AvgIpc) is 3.33. The predicted molar refractivity (Wildman–Crippen MR) is 134 cm³/mol. The van der Waals surface area contributed by atoms with Crippen molar-refractivity contribution in [1.29, 1.82) is 0 Å². The number of hydrogen-bond acceptors (Lipinski definition) is 8. The van der Waals surface area contributed by atoms with Crippen LogP contribution in [0.3, 0.4) is 0 Å². The Kier molecular flexibility index (Phi) is 6.91. The van der Waals surface area contributed by atoms with Crippen molar-refractivity contribution in [2.45, 2.75) is 16.7 Å². The Morgan fingerprint density at radius 1 is 0.889 bits per heavy atom. The van der Waals surface area contributed by atoms with E-state index in [1.807, 2.05) is 0 Å². The first kappa shape index (κ1) is 25.1. The van der Waals surface area contributed by atoms with Crippen LogP contribution in [-0.2, 0) is 19.9 Å². The second-order valence-corrected chi connectivity index (χ2v) is 11.5. The number of carbonyl (C=O) groups is 1. The number of hydrogen-bond donors (Lipinski definition) is 1. The van der Waals surface area contributed by atoms with E-state index in [2.05, 4.69) is 15.5 Å². The Balaban J connectivity index is 1.52. The third-order valence-corrected chi connectivity index (χ3v) is 8.27. The van der Waals surface area contributed by atoms with Crippen molar-refractivity contribution in [3.05, 3.63) is 84.4 Å². The van der Waals surface area contributed by atoms with Gasteiger partial charge in [0, 0.05) is 18.4 Å². The third kappa shape index (κ3) is 5.14. The molecule has 3 aromatic carbocycles. The van der Waals surface area contributed by atoms with Gasteiger partial charge in [0.15, 0.2) is 9.84 Å². The first-order valence-electron chi connectivity index (χ1n) is 10.7. The molecule has 1 heterocycles. The molecule has 1 aromatic heterocycles. The summed E-state index contributed by atoms with van der Waals surface area (Å²) in [6.07, 6.45) is 1.06. The fourth-order valence-electron chi connectivity index (χ4n) is 3.51. The normalized spacial score (nSPS) is 11.7. The Hall–Kier alpha value is -4.03. The maximum Gasteiger partial charge on any atom is 0.322 e. The van der Waals surface area contributed by atoms with Crippen LogP contribution in [0.5, 0.6) is 0 Å². The molecule has 12 heteroatoms. The van der Waals surface area contributed by atoms with Gasteiger partial charge in [-0.3, -0.25) is 14.4 Å². The van der Waals surface area contributed by atoms with Gasteiger partial charge in [0.2, 0.25) is 0 Å². The summed E-state index contributed by atoms with van der Waals surface area (Å²) in [7, 11) is -7.39. The van der Waals surface area contributed by atoms with Crippen LogP contribution in [0, 0.1) is 0 Å². The third-order valence-electron chi connectivity index (χ3n) is 5.20. The molecule has 0 spiro atoms. The summed E-state index contributed by atoms with van der Waals surface area (Å²) < 4.78 is 57.0. The highest BCUT2D eigenvalue weighted by molar-refractivity contribution is 7.92. The van der Waals surface area contributed by atoms with Crippen LogP contribution in [-0.4, -0.2) is 45.7 Å². The van der Waals surface area contributed by atoms with E-state index in [-0.39, 0.29) is 39.4 Å². The van der Waals surface area contributed by atoms with Crippen molar-refractivity contribution < 1.29 is 26.0 Å². The Morgan fingerprint density at radius 3 is 2.17 bits per heavy atom. The van der Waals surface area contributed by atoms with Gasteiger partial charge < -0.3 is 4.42 Å². The molecule has 0 aliphatic carbocycles. The van der Waals surface area contributed by atoms with Gasteiger partial charge in [-0.05, 0) is 55.5 Å². The number of amides is 1. The maximum absolute atomic E-state index is 13.1. The molecule has 10 nitrogen and oxygen atoms in total. The second-order valence-electron chi connectivity index (χ2n) is 7.66. The van der Waals surface area contributed by atoms with Crippen LogP contribution in [0.4, 0.5) is 11.7 Å². The molecule has 0 saturated carbocycles. The zero-order chi connectivity index (χ0) is 25.9. The Morgan fingerprint density at radius 2 is 1.53 bits per heavy atom. The van der Waals surface area contributed by atoms with Gasteiger partial charge in [0.05, 0.1) is 21.0 Å². The summed E-state index contributed by atoms with van der Waals surface area (Å²) in [5.74, 6) is -0.686. The van der Waals surface area contributed by atoms with Crippen LogP contribution in [0.25, 0.3) is 11.5 Å². The lowest BCUT2D eigenvalue weighted by Crippen LogP contribution is -2.30. The topological polar surface area (TPSA) is 140 Å². The van der Waals surface area contributed by atoms with Crippen molar-refractivity contribution in [1.82, 2.24) is 10.2 Å². The molecule has 0 unspecified atom stereocenters. The van der Waals surface area contributed by atoms with Gasteiger partial charge >= 0.3 is 6.01 Å². The van der Waals surface area contributed by atoms with Crippen molar-refractivity contribution in [2.24, 2.45) is 0 Å². The summed E-state index contributed by atoms with van der Waals surface area (Å²) in [6, 6.07) is 20.0. The number of sulfone groups is 1. The van der Waals surface area contributed by atoms with E-state index in [0.29, 0.717) is 5.69 Å². The smallest absolute Gasteiger partial charge is 0.322 e. The van der Waals surface area contributed by atoms with Crippen LogP contribution < -0.4 is 9.62 Å². The number of anilines is 2. The number of nitrogens with zero attached hydrogens (tertiary/aromatic N) is 3. The molecule has 0 fully saturated rings.